The van der Waals surface area contributed by atoms with E-state index in [1.54, 1.807) is 0 Å². The number of rotatable bonds is 4. The van der Waals surface area contributed by atoms with E-state index in [1.807, 2.05) is 0 Å². The van der Waals surface area contributed by atoms with Crippen molar-refractivity contribution in [1.29, 1.82) is 0 Å². The molecule has 0 aromatic rings. The highest BCUT2D eigenvalue weighted by Crippen LogP contribution is 2.86. The molecule has 4 nitrogen and oxygen atoms in total. The maximum atomic E-state index is 5.89. The van der Waals surface area contributed by atoms with Crippen molar-refractivity contribution in [2.45, 2.75) is 13.8 Å². The second kappa shape index (κ2) is 5.02. The summed E-state index contributed by atoms with van der Waals surface area (Å²) in [6.07, 6.45) is 0. The van der Waals surface area contributed by atoms with Gasteiger partial charge in [-0.05, 0) is 51.8 Å². The van der Waals surface area contributed by atoms with Gasteiger partial charge in [-0.3, -0.25) is 9.34 Å². The molecule has 0 atom stereocenters. The topological polar surface area (TPSA) is 13.0 Å². The Morgan fingerprint density at radius 1 is 0.812 bits per heavy atom. The maximum Gasteiger partial charge on any atom is 0.157 e. The van der Waals surface area contributed by atoms with Crippen LogP contribution in [0, 0.1) is 0 Å². The van der Waals surface area contributed by atoms with Gasteiger partial charge in [-0.1, -0.05) is 13.8 Å². The van der Waals surface area contributed by atoms with E-state index >= 15 is 0 Å². The lowest BCUT2D eigenvalue weighted by Gasteiger charge is -2.64. The van der Waals surface area contributed by atoms with Gasteiger partial charge >= 0.3 is 0 Å². The Labute approximate surface area is 110 Å². The first-order chi connectivity index (χ1) is 7.27. The molecule has 1 fully saturated rings. The van der Waals surface area contributed by atoms with E-state index in [9.17, 15) is 0 Å². The fourth-order valence-corrected chi connectivity index (χ4v) is 16.5. The van der Waals surface area contributed by atoms with Crippen LogP contribution in [0.4, 0.5) is 0 Å². The highest BCUT2D eigenvalue weighted by Gasteiger charge is 2.58. The summed E-state index contributed by atoms with van der Waals surface area (Å²) in [6.45, 7) is 2.75. The third-order valence-electron chi connectivity index (χ3n) is 2.81. The van der Waals surface area contributed by atoms with Crippen LogP contribution in [0.5, 0.6) is 0 Å². The van der Waals surface area contributed by atoms with E-state index in [4.69, 9.17) is 23.6 Å². The molecule has 0 bridgehead atoms. The summed E-state index contributed by atoms with van der Waals surface area (Å²) in [6, 6.07) is 0. The van der Waals surface area contributed by atoms with E-state index in [1.165, 1.54) is 0 Å². The van der Waals surface area contributed by atoms with Gasteiger partial charge in [-0.2, -0.15) is 8.88 Å². The van der Waals surface area contributed by atoms with Crippen LogP contribution in [-0.4, -0.2) is 59.5 Å². The van der Waals surface area contributed by atoms with E-state index < -0.39 is 13.0 Å². The first-order valence-electron chi connectivity index (χ1n) is 5.40. The smallest absolute Gasteiger partial charge is 0.157 e. The fraction of sp³-hybridized carbons (Fsp3) is 1.00. The summed E-state index contributed by atoms with van der Waals surface area (Å²) < 4.78 is 9.13. The van der Waals surface area contributed by atoms with Gasteiger partial charge in [0.25, 0.3) is 0 Å². The molecule has 16 heavy (non-hydrogen) atoms. The fourth-order valence-electron chi connectivity index (χ4n) is 2.07. The lowest BCUT2D eigenvalue weighted by molar-refractivity contribution is 0.429. The quantitative estimate of drug-likeness (QED) is 0.733. The summed E-state index contributed by atoms with van der Waals surface area (Å²) in [5, 5.41) is 0. The summed E-state index contributed by atoms with van der Waals surface area (Å²) in [5.74, 6) is 0. The highest BCUT2D eigenvalue weighted by atomic mass is 32.5. The average Bonchev–Trinajstić information content (AvgIpc) is 2.17. The third-order valence-corrected chi connectivity index (χ3v) is 17.2. The molecule has 0 aliphatic carbocycles. The molecule has 0 unspecified atom stereocenters. The van der Waals surface area contributed by atoms with Gasteiger partial charge in [0.1, 0.15) is 0 Å². The molecule has 1 rings (SSSR count). The number of hydrogen-bond acceptors (Lipinski definition) is 2. The van der Waals surface area contributed by atoms with Gasteiger partial charge in [-0.25, -0.2) is 0 Å². The van der Waals surface area contributed by atoms with Gasteiger partial charge < -0.3 is 0 Å². The predicted octanol–water partition coefficient (Wildman–Crippen LogP) is 2.22. The Kier molecular flexibility index (Phi) is 4.77. The molecular formula is C8H22N4P2S2. The Hall–Kier alpha value is 1.14. The third kappa shape index (κ3) is 1.79. The molecule has 1 aliphatic rings. The van der Waals surface area contributed by atoms with Crippen molar-refractivity contribution in [3.05, 3.63) is 0 Å². The molecule has 0 aromatic carbocycles. The minimum atomic E-state index is -1.72. The molecule has 0 aromatic heterocycles. The van der Waals surface area contributed by atoms with Crippen LogP contribution in [0.2, 0.25) is 0 Å². The molecular weight excluding hydrogens is 278 g/mol. The molecule has 8 heteroatoms. The first-order valence-corrected chi connectivity index (χ1v) is 10.7. The van der Waals surface area contributed by atoms with Crippen molar-refractivity contribution < 1.29 is 0 Å². The Balaban J connectivity index is 3.21. The van der Waals surface area contributed by atoms with Crippen LogP contribution in [0.25, 0.3) is 0 Å². The van der Waals surface area contributed by atoms with Gasteiger partial charge in [0, 0.05) is 13.1 Å². The molecule has 0 N–H and O–H groups in total. The van der Waals surface area contributed by atoms with E-state index in [0.717, 1.165) is 13.1 Å². The van der Waals surface area contributed by atoms with Crippen LogP contribution in [0.3, 0.4) is 0 Å². The van der Waals surface area contributed by atoms with E-state index in [-0.39, 0.29) is 0 Å². The lowest BCUT2D eigenvalue weighted by atomic mass is 10.8. The zero-order valence-corrected chi connectivity index (χ0v) is 14.3. The Morgan fingerprint density at radius 2 is 1.06 bits per heavy atom. The monoisotopic (exact) mass is 300 g/mol. The van der Waals surface area contributed by atoms with Crippen molar-refractivity contribution in [2.24, 2.45) is 0 Å². The van der Waals surface area contributed by atoms with Crippen LogP contribution in [0.15, 0.2) is 0 Å². The second-order valence-corrected chi connectivity index (χ2v) is 13.3. The Morgan fingerprint density at radius 3 is 1.19 bits per heavy atom. The zero-order valence-electron chi connectivity index (χ0n) is 10.9. The molecule has 1 saturated heterocycles. The second-order valence-electron chi connectivity index (χ2n) is 4.10. The summed E-state index contributed by atoms with van der Waals surface area (Å²) in [5.41, 5.74) is 0. The molecule has 0 spiro atoms. The van der Waals surface area contributed by atoms with Crippen molar-refractivity contribution in [3.63, 3.8) is 0 Å². The van der Waals surface area contributed by atoms with Crippen molar-refractivity contribution in [1.82, 2.24) is 18.2 Å². The van der Waals surface area contributed by atoms with Gasteiger partial charge in [0.15, 0.2) is 13.0 Å². The van der Waals surface area contributed by atoms with Crippen LogP contribution >= 0.6 is 13.0 Å². The van der Waals surface area contributed by atoms with Gasteiger partial charge in [0.05, 0.1) is 0 Å². The Bertz CT molecular complexity index is 308. The van der Waals surface area contributed by atoms with E-state index in [0.29, 0.717) is 0 Å². The van der Waals surface area contributed by atoms with Gasteiger partial charge in [-0.15, -0.1) is 0 Å². The van der Waals surface area contributed by atoms with Gasteiger partial charge in [0.2, 0.25) is 0 Å². The van der Waals surface area contributed by atoms with Crippen molar-refractivity contribution in [2.75, 3.05) is 41.3 Å². The van der Waals surface area contributed by atoms with Crippen LogP contribution < -0.4 is 0 Å². The summed E-state index contributed by atoms with van der Waals surface area (Å²) in [7, 11) is 8.28. The highest BCUT2D eigenvalue weighted by molar-refractivity contribution is 8.28. The van der Waals surface area contributed by atoms with Crippen molar-refractivity contribution in [3.8, 4) is 0 Å². The molecule has 1 aliphatic heterocycles. The number of hydrogen-bond donors (Lipinski definition) is 0. The number of nitrogens with zero attached hydrogens (tertiary/aromatic N) is 4. The minimum Gasteiger partial charge on any atom is -0.257 e. The normalized spacial score (nSPS) is 37.0. The molecule has 0 amide bonds. The molecule has 1 heterocycles. The largest absolute Gasteiger partial charge is 0.257 e. The minimum absolute atomic E-state index is 0.946. The average molecular weight is 300 g/mol. The van der Waals surface area contributed by atoms with Crippen LogP contribution in [-0.2, 0) is 23.6 Å². The predicted molar refractivity (Wildman–Crippen MR) is 80.7 cm³/mol. The SMILES string of the molecule is CCN1P(=S)(N(C)C)N(CC)P1(=S)N(C)C. The summed E-state index contributed by atoms with van der Waals surface area (Å²) in [4.78, 5) is 0. The zero-order chi connectivity index (χ0) is 12.7. The van der Waals surface area contributed by atoms with E-state index in [2.05, 4.69) is 60.3 Å². The molecule has 96 valence electrons. The first kappa shape index (κ1) is 15.2. The van der Waals surface area contributed by atoms with Crippen LogP contribution in [0.1, 0.15) is 13.8 Å². The standard InChI is InChI=1S/C8H22N4P2S2/c1-7-11-13(15,9(3)4)12(8-2)14(11,16)10(5)6/h7-8H2,1-6H3. The van der Waals surface area contributed by atoms with Crippen molar-refractivity contribution >= 4 is 36.6 Å². The summed E-state index contributed by atoms with van der Waals surface area (Å²) >= 11 is 11.8. The lowest BCUT2D eigenvalue weighted by Crippen LogP contribution is -2.50. The maximum absolute atomic E-state index is 5.89. The molecule has 0 saturated carbocycles. The molecule has 0 radical (unpaired) electrons.